The summed E-state index contributed by atoms with van der Waals surface area (Å²) in [6.45, 7) is 0.131. The molecule has 1 saturated heterocycles. The molecule has 12 heteroatoms. The van der Waals surface area contributed by atoms with Crippen molar-refractivity contribution in [3.8, 4) is 0 Å². The normalized spacial score (nSPS) is 17.9. The highest BCUT2D eigenvalue weighted by molar-refractivity contribution is 7.89. The number of H-pyrrole nitrogens is 1. The summed E-state index contributed by atoms with van der Waals surface area (Å²) < 4.78 is 27.0. The molecule has 2 aromatic rings. The molecule has 0 aliphatic carbocycles. The van der Waals surface area contributed by atoms with E-state index in [1.165, 1.54) is 18.2 Å². The maximum absolute atomic E-state index is 13.0. The zero-order chi connectivity index (χ0) is 20.5. The molecule has 0 bridgehead atoms. The van der Waals surface area contributed by atoms with Gasteiger partial charge in [0.2, 0.25) is 10.0 Å². The van der Waals surface area contributed by atoms with Gasteiger partial charge in [-0.2, -0.15) is 4.31 Å². The largest absolute Gasteiger partial charge is 0.477 e. The Balaban J connectivity index is 1.91. The number of nitrogens with one attached hydrogen (secondary N) is 1. The highest BCUT2D eigenvalue weighted by atomic mass is 32.2. The number of nitro benzene ring substituents is 1. The van der Waals surface area contributed by atoms with Gasteiger partial charge in [0.05, 0.1) is 4.92 Å². The van der Waals surface area contributed by atoms with E-state index < -0.39 is 48.5 Å². The van der Waals surface area contributed by atoms with Crippen LogP contribution in [0.3, 0.4) is 0 Å². The molecule has 3 rings (SSSR count). The third-order valence-electron chi connectivity index (χ3n) is 4.50. The number of carbonyl (C=O) groups is 1. The molecule has 28 heavy (non-hydrogen) atoms. The maximum Gasteiger partial charge on any atom is 0.342 e. The van der Waals surface area contributed by atoms with E-state index in [2.05, 4.69) is 9.97 Å². The number of aromatic carboxylic acids is 1. The summed E-state index contributed by atoms with van der Waals surface area (Å²) in [6.07, 6.45) is 1.92. The number of aromatic nitrogens is 2. The molecule has 1 atom stereocenters. The number of para-hydroxylation sites is 1. The molecule has 1 fully saturated rings. The van der Waals surface area contributed by atoms with Crippen molar-refractivity contribution >= 4 is 21.7 Å². The lowest BCUT2D eigenvalue weighted by atomic mass is 9.99. The standard InChI is InChI=1S/C16H16N4O7S/c21-15-11(16(22)23)8-17-14(18-15)10-4-3-7-19(9-10)28(26,27)13-6-2-1-5-12(13)20(24)25/h1-2,5-6,8,10H,3-4,7,9H2,(H,22,23)(H,17,18,21)/t10-/m0/s1. The molecule has 1 aliphatic rings. The van der Waals surface area contributed by atoms with Gasteiger partial charge in [-0.25, -0.2) is 18.2 Å². The zero-order valence-corrected chi connectivity index (χ0v) is 15.3. The first-order chi connectivity index (χ1) is 13.2. The number of aromatic amines is 1. The minimum Gasteiger partial charge on any atom is -0.477 e. The molecule has 0 unspecified atom stereocenters. The quantitative estimate of drug-likeness (QED) is 0.545. The molecule has 1 aliphatic heterocycles. The van der Waals surface area contributed by atoms with E-state index >= 15 is 0 Å². The third-order valence-corrected chi connectivity index (χ3v) is 6.41. The van der Waals surface area contributed by atoms with Crippen LogP contribution in [0.5, 0.6) is 0 Å². The van der Waals surface area contributed by atoms with E-state index in [1.807, 2.05) is 0 Å². The van der Waals surface area contributed by atoms with Crippen molar-refractivity contribution in [1.82, 2.24) is 14.3 Å². The molecular formula is C16H16N4O7S. The van der Waals surface area contributed by atoms with Gasteiger partial charge in [-0.3, -0.25) is 14.9 Å². The Bertz CT molecular complexity index is 1100. The lowest BCUT2D eigenvalue weighted by molar-refractivity contribution is -0.387. The SMILES string of the molecule is O=C(O)c1cnc([C@H]2CCCN(S(=O)(=O)c3ccccc3[N+](=O)[O-])C2)[nH]c1=O. The Labute approximate surface area is 158 Å². The number of nitro groups is 1. The van der Waals surface area contributed by atoms with Crippen molar-refractivity contribution in [1.29, 1.82) is 0 Å². The highest BCUT2D eigenvalue weighted by Crippen LogP contribution is 2.31. The monoisotopic (exact) mass is 408 g/mol. The second-order valence-electron chi connectivity index (χ2n) is 6.24. The lowest BCUT2D eigenvalue weighted by Gasteiger charge is -2.31. The van der Waals surface area contributed by atoms with Crippen molar-refractivity contribution in [3.05, 3.63) is 62.3 Å². The van der Waals surface area contributed by atoms with Gasteiger partial charge < -0.3 is 10.1 Å². The minimum atomic E-state index is -4.13. The number of hydrogen-bond donors (Lipinski definition) is 2. The van der Waals surface area contributed by atoms with Crippen molar-refractivity contribution in [2.75, 3.05) is 13.1 Å². The molecule has 1 aromatic heterocycles. The van der Waals surface area contributed by atoms with E-state index in [-0.39, 0.29) is 18.9 Å². The average Bonchev–Trinajstić information content (AvgIpc) is 2.67. The topological polar surface area (TPSA) is 164 Å². The number of hydrogen-bond acceptors (Lipinski definition) is 7. The van der Waals surface area contributed by atoms with E-state index in [1.54, 1.807) is 0 Å². The van der Waals surface area contributed by atoms with Crippen molar-refractivity contribution in [2.45, 2.75) is 23.7 Å². The fourth-order valence-corrected chi connectivity index (χ4v) is 4.80. The van der Waals surface area contributed by atoms with Gasteiger partial charge in [0.25, 0.3) is 11.2 Å². The predicted molar refractivity (Wildman–Crippen MR) is 95.6 cm³/mol. The highest BCUT2D eigenvalue weighted by Gasteiger charge is 2.35. The summed E-state index contributed by atoms with van der Waals surface area (Å²) in [7, 11) is -4.13. The van der Waals surface area contributed by atoms with Crippen molar-refractivity contribution in [2.24, 2.45) is 0 Å². The van der Waals surface area contributed by atoms with Gasteiger partial charge in [0, 0.05) is 31.3 Å². The number of benzene rings is 1. The van der Waals surface area contributed by atoms with Crippen LogP contribution in [0.25, 0.3) is 0 Å². The third kappa shape index (κ3) is 3.64. The molecule has 0 radical (unpaired) electrons. The van der Waals surface area contributed by atoms with E-state index in [0.29, 0.717) is 12.8 Å². The van der Waals surface area contributed by atoms with Gasteiger partial charge in [0.15, 0.2) is 4.90 Å². The number of piperidine rings is 1. The Hall–Kier alpha value is -3.12. The summed E-state index contributed by atoms with van der Waals surface area (Å²) in [5, 5.41) is 20.1. The summed E-state index contributed by atoms with van der Waals surface area (Å²) >= 11 is 0. The minimum absolute atomic E-state index is 0.0380. The number of sulfonamides is 1. The van der Waals surface area contributed by atoms with Crippen LogP contribution in [0, 0.1) is 10.1 Å². The fraction of sp³-hybridized carbons (Fsp3) is 0.312. The van der Waals surface area contributed by atoms with Crippen LogP contribution in [-0.2, 0) is 10.0 Å². The number of carboxylic acids is 1. The van der Waals surface area contributed by atoms with Crippen LogP contribution in [0.1, 0.15) is 34.9 Å². The Morgan fingerprint density at radius 3 is 2.71 bits per heavy atom. The van der Waals surface area contributed by atoms with Gasteiger partial charge >= 0.3 is 5.97 Å². The molecule has 0 amide bonds. The second kappa shape index (κ2) is 7.48. The first-order valence-electron chi connectivity index (χ1n) is 8.28. The first-order valence-corrected chi connectivity index (χ1v) is 9.72. The van der Waals surface area contributed by atoms with Crippen LogP contribution < -0.4 is 5.56 Å². The van der Waals surface area contributed by atoms with E-state index in [0.717, 1.165) is 16.6 Å². The Morgan fingerprint density at radius 1 is 1.36 bits per heavy atom. The summed E-state index contributed by atoms with van der Waals surface area (Å²) in [4.78, 5) is 39.2. The van der Waals surface area contributed by atoms with Gasteiger partial charge in [0.1, 0.15) is 11.4 Å². The Morgan fingerprint density at radius 2 is 2.07 bits per heavy atom. The smallest absolute Gasteiger partial charge is 0.342 e. The zero-order valence-electron chi connectivity index (χ0n) is 14.4. The van der Waals surface area contributed by atoms with Gasteiger partial charge in [-0.05, 0) is 18.9 Å². The van der Waals surface area contributed by atoms with Crippen LogP contribution in [0.2, 0.25) is 0 Å². The summed E-state index contributed by atoms with van der Waals surface area (Å²) in [5.41, 5.74) is -1.85. The number of rotatable bonds is 5. The molecule has 148 valence electrons. The first kappa shape index (κ1) is 19.6. The molecule has 2 N–H and O–H groups in total. The number of carboxylic acid groups (broad SMARTS) is 1. The van der Waals surface area contributed by atoms with Crippen LogP contribution in [-0.4, -0.2) is 51.8 Å². The molecule has 0 spiro atoms. The molecular weight excluding hydrogens is 392 g/mol. The predicted octanol–water partition coefficient (Wildman–Crippen LogP) is 0.945. The van der Waals surface area contributed by atoms with Crippen LogP contribution >= 0.6 is 0 Å². The molecule has 0 saturated carbocycles. The van der Waals surface area contributed by atoms with Crippen LogP contribution in [0.15, 0.2) is 40.2 Å². The maximum atomic E-state index is 13.0. The average molecular weight is 408 g/mol. The molecule has 2 heterocycles. The summed E-state index contributed by atoms with van der Waals surface area (Å²) in [6, 6.07) is 5.09. The summed E-state index contributed by atoms with van der Waals surface area (Å²) in [5.74, 6) is -1.70. The Kier molecular flexibility index (Phi) is 5.25. The van der Waals surface area contributed by atoms with Gasteiger partial charge in [-0.1, -0.05) is 12.1 Å². The van der Waals surface area contributed by atoms with Gasteiger partial charge in [-0.15, -0.1) is 0 Å². The fourth-order valence-electron chi connectivity index (χ4n) is 3.12. The van der Waals surface area contributed by atoms with E-state index in [4.69, 9.17) is 5.11 Å². The lowest BCUT2D eigenvalue weighted by Crippen LogP contribution is -2.40. The van der Waals surface area contributed by atoms with Crippen molar-refractivity contribution < 1.29 is 23.2 Å². The second-order valence-corrected chi connectivity index (χ2v) is 8.15. The number of nitrogens with zero attached hydrogens (tertiary/aromatic N) is 3. The van der Waals surface area contributed by atoms with Crippen molar-refractivity contribution in [3.63, 3.8) is 0 Å². The molecule has 1 aromatic carbocycles. The van der Waals surface area contributed by atoms with E-state index in [9.17, 15) is 28.1 Å². The molecule has 11 nitrogen and oxygen atoms in total. The van der Waals surface area contributed by atoms with Crippen LogP contribution in [0.4, 0.5) is 5.69 Å².